The van der Waals surface area contributed by atoms with Crippen molar-refractivity contribution in [3.05, 3.63) is 93.4 Å². The number of morpholine rings is 1. The molecular weight excluding hydrogens is 566 g/mol. The number of nitrogens with zero attached hydrogens (tertiary/aromatic N) is 5. The number of carbonyl (C=O) groups is 1. The second kappa shape index (κ2) is 12.7. The van der Waals surface area contributed by atoms with E-state index < -0.39 is 0 Å². The molecule has 6 rings (SSSR count). The maximum absolute atomic E-state index is 14.0. The number of benzene rings is 3. The molecule has 1 amide bonds. The van der Waals surface area contributed by atoms with Crippen molar-refractivity contribution in [1.82, 2.24) is 19.1 Å². The first-order valence-electron chi connectivity index (χ1n) is 15.6. The zero-order chi connectivity index (χ0) is 31.7. The van der Waals surface area contributed by atoms with Gasteiger partial charge in [0.15, 0.2) is 5.82 Å². The van der Waals surface area contributed by atoms with E-state index in [9.17, 15) is 9.59 Å². The van der Waals surface area contributed by atoms with Gasteiger partial charge in [0.1, 0.15) is 12.3 Å². The van der Waals surface area contributed by atoms with Crippen LogP contribution in [0, 0.1) is 13.8 Å². The molecule has 5 aromatic rings. The van der Waals surface area contributed by atoms with Gasteiger partial charge in [-0.1, -0.05) is 44.2 Å². The summed E-state index contributed by atoms with van der Waals surface area (Å²) in [5, 5.41) is 6.27. The highest BCUT2D eigenvalue weighted by atomic mass is 16.5. The van der Waals surface area contributed by atoms with Gasteiger partial charge in [-0.25, -0.2) is 4.98 Å². The molecule has 0 bridgehead atoms. The van der Waals surface area contributed by atoms with Crippen LogP contribution in [0.4, 0.5) is 0 Å². The lowest BCUT2D eigenvalue weighted by Gasteiger charge is -2.27. The van der Waals surface area contributed by atoms with E-state index in [1.165, 1.54) is 4.68 Å². The maximum atomic E-state index is 14.0. The van der Waals surface area contributed by atoms with Crippen molar-refractivity contribution in [3.8, 4) is 17.1 Å². The summed E-state index contributed by atoms with van der Waals surface area (Å²) in [7, 11) is 0. The second-order valence-corrected chi connectivity index (χ2v) is 11.7. The Balaban J connectivity index is 1.50. The minimum Gasteiger partial charge on any atom is -0.494 e. The first-order chi connectivity index (χ1) is 21.8. The fraction of sp³-hybridized carbons (Fsp3) is 0.333. The number of hydrogen-bond acceptors (Lipinski definition) is 6. The van der Waals surface area contributed by atoms with Gasteiger partial charge in [0.25, 0.3) is 5.56 Å². The summed E-state index contributed by atoms with van der Waals surface area (Å²) in [5.41, 5.74) is 5.82. The molecule has 3 aromatic carbocycles. The lowest BCUT2D eigenvalue weighted by Crippen LogP contribution is -2.42. The Kier molecular flexibility index (Phi) is 8.54. The molecule has 0 unspecified atom stereocenters. The number of fused-ring (bicyclic) bond motifs is 2. The van der Waals surface area contributed by atoms with Gasteiger partial charge in [-0.05, 0) is 68.1 Å². The average molecular weight is 606 g/mol. The van der Waals surface area contributed by atoms with Crippen molar-refractivity contribution >= 4 is 33.9 Å². The summed E-state index contributed by atoms with van der Waals surface area (Å²) in [5.74, 6) is 1.54. The molecule has 1 aliphatic heterocycles. The molecular formula is C36H39N5O4. The van der Waals surface area contributed by atoms with E-state index in [2.05, 4.69) is 19.9 Å². The lowest BCUT2D eigenvalue weighted by molar-refractivity contribution is -0.135. The van der Waals surface area contributed by atoms with Crippen molar-refractivity contribution in [3.63, 3.8) is 0 Å². The topological polar surface area (TPSA) is 90.9 Å². The standard InChI is InChI=1S/C36H39N5O4/c1-6-45-33-19-24(4)29(20-28(33)23(2)3)35-38-31-13-9-7-12-27(31)36(43)41(35)37-21-30-25(5)40(32-14-10-8-11-26(30)32)22-34(42)39-15-17-44-18-16-39/h7-14,19-21,23H,6,15-18,22H2,1-5H3. The Hall–Kier alpha value is -4.76. The highest BCUT2D eigenvalue weighted by Crippen LogP contribution is 2.34. The normalized spacial score (nSPS) is 13.9. The van der Waals surface area contributed by atoms with Gasteiger partial charge in [0.2, 0.25) is 5.91 Å². The second-order valence-electron chi connectivity index (χ2n) is 11.7. The molecule has 2 aromatic heterocycles. The molecule has 0 aliphatic carbocycles. The Morgan fingerprint density at radius 1 is 1.04 bits per heavy atom. The lowest BCUT2D eigenvalue weighted by atomic mass is 9.96. The van der Waals surface area contributed by atoms with E-state index in [-0.39, 0.29) is 23.9 Å². The van der Waals surface area contributed by atoms with Crippen molar-refractivity contribution < 1.29 is 14.3 Å². The summed E-state index contributed by atoms with van der Waals surface area (Å²) in [6.07, 6.45) is 1.72. The Labute approximate surface area is 262 Å². The molecule has 1 saturated heterocycles. The van der Waals surface area contributed by atoms with E-state index in [1.807, 2.05) is 78.8 Å². The number of amides is 1. The van der Waals surface area contributed by atoms with Crippen LogP contribution >= 0.6 is 0 Å². The van der Waals surface area contributed by atoms with E-state index >= 15 is 0 Å². The third kappa shape index (κ3) is 5.76. The molecule has 1 fully saturated rings. The molecule has 1 aliphatic rings. The zero-order valence-electron chi connectivity index (χ0n) is 26.5. The summed E-state index contributed by atoms with van der Waals surface area (Å²) in [6, 6.07) is 19.4. The molecule has 0 spiro atoms. The predicted molar refractivity (Wildman–Crippen MR) is 178 cm³/mol. The molecule has 0 saturated carbocycles. The highest BCUT2D eigenvalue weighted by Gasteiger charge is 2.22. The summed E-state index contributed by atoms with van der Waals surface area (Å²) in [6.45, 7) is 13.3. The first kappa shape index (κ1) is 30.3. The molecule has 9 nitrogen and oxygen atoms in total. The van der Waals surface area contributed by atoms with Gasteiger partial charge < -0.3 is 18.9 Å². The summed E-state index contributed by atoms with van der Waals surface area (Å²) >= 11 is 0. The predicted octanol–water partition coefficient (Wildman–Crippen LogP) is 5.90. The van der Waals surface area contributed by atoms with Crippen LogP contribution in [0.5, 0.6) is 5.75 Å². The third-order valence-corrected chi connectivity index (χ3v) is 8.51. The van der Waals surface area contributed by atoms with E-state index in [0.717, 1.165) is 44.6 Å². The van der Waals surface area contributed by atoms with E-state index in [4.69, 9.17) is 19.6 Å². The smallest absolute Gasteiger partial charge is 0.282 e. The van der Waals surface area contributed by atoms with Gasteiger partial charge in [-0.3, -0.25) is 9.59 Å². The van der Waals surface area contributed by atoms with Crippen molar-refractivity contribution in [2.24, 2.45) is 5.10 Å². The largest absolute Gasteiger partial charge is 0.494 e. The molecule has 45 heavy (non-hydrogen) atoms. The molecule has 0 atom stereocenters. The number of carbonyl (C=O) groups excluding carboxylic acids is 1. The van der Waals surface area contributed by atoms with Crippen LogP contribution in [-0.2, 0) is 16.1 Å². The minimum atomic E-state index is -0.255. The fourth-order valence-corrected chi connectivity index (χ4v) is 6.06. The first-order valence-corrected chi connectivity index (χ1v) is 15.6. The maximum Gasteiger partial charge on any atom is 0.282 e. The van der Waals surface area contributed by atoms with Crippen molar-refractivity contribution in [2.45, 2.75) is 47.1 Å². The number of rotatable bonds is 8. The quantitative estimate of drug-likeness (QED) is 0.206. The van der Waals surface area contributed by atoms with Crippen molar-refractivity contribution in [1.29, 1.82) is 0 Å². The Morgan fingerprint density at radius 2 is 1.76 bits per heavy atom. The van der Waals surface area contributed by atoms with Crippen LogP contribution in [0.25, 0.3) is 33.2 Å². The van der Waals surface area contributed by atoms with Gasteiger partial charge in [0.05, 0.1) is 36.9 Å². The summed E-state index contributed by atoms with van der Waals surface area (Å²) < 4.78 is 14.8. The van der Waals surface area contributed by atoms with Gasteiger partial charge in [0, 0.05) is 40.8 Å². The number of aryl methyl sites for hydroxylation is 1. The molecule has 232 valence electrons. The number of hydrogen-bond donors (Lipinski definition) is 0. The van der Waals surface area contributed by atoms with E-state index in [0.29, 0.717) is 49.6 Å². The molecule has 3 heterocycles. The SMILES string of the molecule is CCOc1cc(C)c(-c2nc3ccccc3c(=O)n2N=Cc2c(C)n(CC(=O)N3CCOCC3)c3ccccc23)cc1C(C)C. The monoisotopic (exact) mass is 605 g/mol. The average Bonchev–Trinajstić information content (AvgIpc) is 3.31. The van der Waals surface area contributed by atoms with Crippen LogP contribution in [0.1, 0.15) is 49.1 Å². The number of aromatic nitrogens is 3. The van der Waals surface area contributed by atoms with Crippen LogP contribution in [0.3, 0.4) is 0 Å². The van der Waals surface area contributed by atoms with Gasteiger partial charge in [-0.15, -0.1) is 0 Å². The molecule has 9 heteroatoms. The number of para-hydroxylation sites is 2. The van der Waals surface area contributed by atoms with E-state index in [1.54, 1.807) is 12.3 Å². The molecule has 0 N–H and O–H groups in total. The van der Waals surface area contributed by atoms with Crippen LogP contribution < -0.4 is 10.3 Å². The molecule has 0 radical (unpaired) electrons. The number of ether oxygens (including phenoxy) is 2. The fourth-order valence-electron chi connectivity index (χ4n) is 6.06. The van der Waals surface area contributed by atoms with Gasteiger partial charge >= 0.3 is 0 Å². The highest BCUT2D eigenvalue weighted by molar-refractivity contribution is 6.01. The summed E-state index contributed by atoms with van der Waals surface area (Å²) in [4.78, 5) is 34.1. The van der Waals surface area contributed by atoms with Gasteiger partial charge in [-0.2, -0.15) is 9.78 Å². The third-order valence-electron chi connectivity index (χ3n) is 8.51. The van der Waals surface area contributed by atoms with Crippen LogP contribution in [0.15, 0.2) is 70.6 Å². The minimum absolute atomic E-state index is 0.0507. The van der Waals surface area contributed by atoms with Crippen LogP contribution in [0.2, 0.25) is 0 Å². The van der Waals surface area contributed by atoms with Crippen LogP contribution in [-0.4, -0.2) is 64.2 Å². The Bertz CT molecular complexity index is 1980. The zero-order valence-corrected chi connectivity index (χ0v) is 26.5. The Morgan fingerprint density at radius 3 is 2.49 bits per heavy atom. The van der Waals surface area contributed by atoms with Crippen molar-refractivity contribution in [2.75, 3.05) is 32.9 Å².